The SMILES string of the molecule is NC(=O)C(O)CNc1nc2sccn2c1[N+](=O)[O-]. The number of aliphatic hydroxyl groups is 1. The van der Waals surface area contributed by atoms with Crippen molar-refractivity contribution in [3.63, 3.8) is 0 Å². The van der Waals surface area contributed by atoms with Crippen molar-refractivity contribution >= 4 is 33.8 Å². The van der Waals surface area contributed by atoms with Crippen LogP contribution in [0.25, 0.3) is 4.96 Å². The van der Waals surface area contributed by atoms with Crippen LogP contribution in [-0.2, 0) is 4.79 Å². The van der Waals surface area contributed by atoms with Gasteiger partial charge in [0.2, 0.25) is 11.7 Å². The smallest absolute Gasteiger partial charge is 0.372 e. The van der Waals surface area contributed by atoms with E-state index in [1.807, 2.05) is 0 Å². The van der Waals surface area contributed by atoms with Crippen LogP contribution in [0.1, 0.15) is 0 Å². The molecule has 0 aliphatic rings. The number of rotatable bonds is 5. The van der Waals surface area contributed by atoms with E-state index in [2.05, 4.69) is 10.3 Å². The van der Waals surface area contributed by atoms with Crippen molar-refractivity contribution in [1.82, 2.24) is 9.38 Å². The molecule has 1 unspecified atom stereocenters. The molecule has 0 radical (unpaired) electrons. The number of aliphatic hydroxyl groups excluding tert-OH is 1. The van der Waals surface area contributed by atoms with Gasteiger partial charge >= 0.3 is 5.82 Å². The van der Waals surface area contributed by atoms with Gasteiger partial charge in [0.15, 0.2) is 0 Å². The van der Waals surface area contributed by atoms with Crippen LogP contribution in [0.2, 0.25) is 0 Å². The lowest BCUT2D eigenvalue weighted by Gasteiger charge is -2.06. The quantitative estimate of drug-likeness (QED) is 0.498. The van der Waals surface area contributed by atoms with E-state index >= 15 is 0 Å². The Bertz CT molecular complexity index is 606. The van der Waals surface area contributed by atoms with E-state index in [4.69, 9.17) is 5.73 Å². The molecule has 2 aromatic rings. The zero-order valence-corrected chi connectivity index (χ0v) is 9.75. The molecule has 0 fully saturated rings. The number of fused-ring (bicyclic) bond motifs is 1. The van der Waals surface area contributed by atoms with Gasteiger partial charge in [0.25, 0.3) is 4.96 Å². The van der Waals surface area contributed by atoms with Gasteiger partial charge in [0.1, 0.15) is 12.3 Å². The molecular formula is C8H9N5O4S. The number of amides is 1. The van der Waals surface area contributed by atoms with Crippen LogP contribution in [0.3, 0.4) is 0 Å². The summed E-state index contributed by atoms with van der Waals surface area (Å²) in [5, 5.41) is 24.3. The molecule has 10 heteroatoms. The Hall–Kier alpha value is -2.20. The minimum Gasteiger partial charge on any atom is -0.381 e. The number of nitro groups is 1. The van der Waals surface area contributed by atoms with Crippen LogP contribution in [0, 0.1) is 10.1 Å². The Morgan fingerprint density at radius 3 is 3.11 bits per heavy atom. The maximum atomic E-state index is 10.9. The molecule has 0 aliphatic carbocycles. The van der Waals surface area contributed by atoms with E-state index in [-0.39, 0.29) is 18.2 Å². The molecule has 96 valence electrons. The number of imidazole rings is 1. The van der Waals surface area contributed by atoms with Crippen molar-refractivity contribution in [3.05, 3.63) is 21.7 Å². The normalized spacial score (nSPS) is 12.5. The van der Waals surface area contributed by atoms with Gasteiger partial charge in [-0.15, -0.1) is 0 Å². The van der Waals surface area contributed by atoms with Gasteiger partial charge in [0.05, 0.1) is 6.54 Å². The fourth-order valence-corrected chi connectivity index (χ4v) is 2.07. The summed E-state index contributed by atoms with van der Waals surface area (Å²) < 4.78 is 1.31. The second-order valence-corrected chi connectivity index (χ2v) is 4.27. The lowest BCUT2D eigenvalue weighted by Crippen LogP contribution is -2.34. The average Bonchev–Trinajstić information content (AvgIpc) is 2.83. The number of primary amides is 1. The second kappa shape index (κ2) is 4.58. The minimum atomic E-state index is -1.43. The van der Waals surface area contributed by atoms with Crippen molar-refractivity contribution in [1.29, 1.82) is 0 Å². The summed E-state index contributed by atoms with van der Waals surface area (Å²) in [5.74, 6) is -1.17. The number of anilines is 1. The molecule has 4 N–H and O–H groups in total. The molecule has 0 aromatic carbocycles. The van der Waals surface area contributed by atoms with E-state index < -0.39 is 16.9 Å². The third kappa shape index (κ3) is 2.10. The average molecular weight is 271 g/mol. The molecule has 0 spiro atoms. The number of carbonyl (C=O) groups excluding carboxylic acids is 1. The topological polar surface area (TPSA) is 136 Å². The Labute approximate surface area is 104 Å². The molecule has 2 aromatic heterocycles. The number of nitrogens with two attached hydrogens (primary N) is 1. The largest absolute Gasteiger partial charge is 0.381 e. The molecule has 1 amide bonds. The van der Waals surface area contributed by atoms with Gasteiger partial charge in [0, 0.05) is 5.38 Å². The van der Waals surface area contributed by atoms with E-state index in [0.717, 1.165) is 0 Å². The van der Waals surface area contributed by atoms with E-state index in [1.54, 1.807) is 5.38 Å². The lowest BCUT2D eigenvalue weighted by molar-refractivity contribution is -0.389. The standard InChI is InChI=1S/C8H9N5O4S/c9-5(15)4(14)3-10-6-7(13(16)17)12-1-2-18-8(12)11-6/h1-2,4,10,14H,3H2,(H2,9,15). The molecule has 1 atom stereocenters. The van der Waals surface area contributed by atoms with Crippen LogP contribution < -0.4 is 11.1 Å². The van der Waals surface area contributed by atoms with Gasteiger partial charge in [-0.05, 0) is 4.92 Å². The van der Waals surface area contributed by atoms with Crippen molar-refractivity contribution in [2.45, 2.75) is 6.10 Å². The zero-order chi connectivity index (χ0) is 13.3. The van der Waals surface area contributed by atoms with E-state index in [9.17, 15) is 20.0 Å². The third-order valence-electron chi connectivity index (χ3n) is 2.20. The van der Waals surface area contributed by atoms with Crippen molar-refractivity contribution in [2.24, 2.45) is 5.73 Å². The van der Waals surface area contributed by atoms with Crippen LogP contribution in [-0.4, -0.2) is 38.0 Å². The summed E-state index contributed by atoms with van der Waals surface area (Å²) in [4.78, 5) is 25.4. The highest BCUT2D eigenvalue weighted by Gasteiger charge is 2.24. The molecule has 0 saturated heterocycles. The van der Waals surface area contributed by atoms with Gasteiger partial charge < -0.3 is 26.3 Å². The minimum absolute atomic E-state index is 0.00727. The third-order valence-corrected chi connectivity index (χ3v) is 2.96. The molecule has 18 heavy (non-hydrogen) atoms. The Kier molecular flexibility index (Phi) is 3.12. The van der Waals surface area contributed by atoms with E-state index in [1.165, 1.54) is 21.9 Å². The lowest BCUT2D eigenvalue weighted by atomic mass is 10.3. The molecule has 2 heterocycles. The zero-order valence-electron chi connectivity index (χ0n) is 8.94. The predicted molar refractivity (Wildman–Crippen MR) is 63.4 cm³/mol. The van der Waals surface area contributed by atoms with Crippen LogP contribution in [0.4, 0.5) is 11.6 Å². The molecule has 0 bridgehead atoms. The number of hydrogen-bond acceptors (Lipinski definition) is 7. The van der Waals surface area contributed by atoms with Crippen molar-refractivity contribution in [2.75, 3.05) is 11.9 Å². The van der Waals surface area contributed by atoms with Crippen molar-refractivity contribution in [3.8, 4) is 0 Å². The first-order valence-corrected chi connectivity index (χ1v) is 5.70. The molecule has 2 rings (SSSR count). The highest BCUT2D eigenvalue weighted by molar-refractivity contribution is 7.15. The molecule has 0 saturated carbocycles. The Morgan fingerprint density at radius 1 is 1.78 bits per heavy atom. The summed E-state index contributed by atoms with van der Waals surface area (Å²) in [6.07, 6.45) is 0.0882. The highest BCUT2D eigenvalue weighted by Crippen LogP contribution is 2.27. The van der Waals surface area contributed by atoms with Crippen LogP contribution in [0.5, 0.6) is 0 Å². The molecular weight excluding hydrogens is 262 g/mol. The number of carbonyl (C=O) groups is 1. The monoisotopic (exact) mass is 271 g/mol. The summed E-state index contributed by atoms with van der Waals surface area (Å²) in [6, 6.07) is 0. The number of nitrogens with one attached hydrogen (secondary N) is 1. The number of hydrogen-bond donors (Lipinski definition) is 3. The summed E-state index contributed by atoms with van der Waals surface area (Å²) in [6.45, 7) is -0.235. The second-order valence-electron chi connectivity index (χ2n) is 3.40. The first kappa shape index (κ1) is 12.3. The maximum absolute atomic E-state index is 10.9. The molecule has 9 nitrogen and oxygen atoms in total. The summed E-state index contributed by atoms with van der Waals surface area (Å²) in [7, 11) is 0. The number of thiazole rings is 1. The predicted octanol–water partition coefficient (Wildman–Crippen LogP) is -0.438. The van der Waals surface area contributed by atoms with E-state index in [0.29, 0.717) is 4.96 Å². The molecule has 0 aliphatic heterocycles. The fourth-order valence-electron chi connectivity index (χ4n) is 1.36. The number of aromatic nitrogens is 2. The van der Waals surface area contributed by atoms with Gasteiger partial charge in [-0.1, -0.05) is 11.3 Å². The van der Waals surface area contributed by atoms with Crippen molar-refractivity contribution < 1.29 is 14.8 Å². The van der Waals surface area contributed by atoms with Gasteiger partial charge in [-0.25, -0.2) is 0 Å². The first-order valence-electron chi connectivity index (χ1n) is 4.82. The number of nitrogens with zero attached hydrogens (tertiary/aromatic N) is 3. The first-order chi connectivity index (χ1) is 8.50. The highest BCUT2D eigenvalue weighted by atomic mass is 32.1. The van der Waals surface area contributed by atoms with Crippen LogP contribution in [0.15, 0.2) is 11.6 Å². The van der Waals surface area contributed by atoms with Gasteiger partial charge in [-0.3, -0.25) is 4.79 Å². The Morgan fingerprint density at radius 2 is 2.50 bits per heavy atom. The fraction of sp³-hybridized carbons (Fsp3) is 0.250. The maximum Gasteiger partial charge on any atom is 0.372 e. The summed E-state index contributed by atoms with van der Waals surface area (Å²) in [5.41, 5.74) is 4.87. The van der Waals surface area contributed by atoms with Crippen LogP contribution >= 0.6 is 11.3 Å². The summed E-state index contributed by atoms with van der Waals surface area (Å²) >= 11 is 1.23. The Balaban J connectivity index is 2.27. The van der Waals surface area contributed by atoms with Gasteiger partial charge in [-0.2, -0.15) is 9.38 Å².